The van der Waals surface area contributed by atoms with Crippen LogP contribution in [0, 0.1) is 4.91 Å². The van der Waals surface area contributed by atoms with Gasteiger partial charge in [0.05, 0.1) is 0 Å². The Bertz CT molecular complexity index is 762. The van der Waals surface area contributed by atoms with Gasteiger partial charge in [-0.25, -0.2) is 9.97 Å². The highest BCUT2D eigenvalue weighted by atomic mass is 35.5. The number of hydrogen-bond acceptors (Lipinski definition) is 6. The molecule has 1 aromatic carbocycles. The van der Waals surface area contributed by atoms with E-state index in [2.05, 4.69) is 15.1 Å². The van der Waals surface area contributed by atoms with E-state index in [9.17, 15) is 9.70 Å². The average molecular weight is 331 g/mol. The van der Waals surface area contributed by atoms with E-state index in [0.29, 0.717) is 36.1 Å². The third kappa shape index (κ3) is 3.22. The molecule has 0 unspecified atom stereocenters. The zero-order valence-corrected chi connectivity index (χ0v) is 13.3. The van der Waals surface area contributed by atoms with E-state index in [1.165, 1.54) is 0 Å². The van der Waals surface area contributed by atoms with Crippen molar-refractivity contribution >= 4 is 29.4 Å². The van der Waals surface area contributed by atoms with Gasteiger partial charge < -0.3 is 4.90 Å². The normalized spacial score (nSPS) is 13.7. The summed E-state index contributed by atoms with van der Waals surface area (Å²) in [6.45, 7) is 0.404. The summed E-state index contributed by atoms with van der Waals surface area (Å²) in [5, 5.41) is 3.26. The standard InChI is InChI=1S/C16H15ClN4O2/c1-21(8-11-4-2-3-5-12(11)20-23)16-14(17)13(9-22)18-15(19-16)10-6-7-10/h2-5,9-10H,6-8H2,1H3. The van der Waals surface area contributed by atoms with Crippen LogP contribution in [0.25, 0.3) is 0 Å². The van der Waals surface area contributed by atoms with E-state index in [4.69, 9.17) is 11.6 Å². The van der Waals surface area contributed by atoms with Crippen molar-refractivity contribution in [2.45, 2.75) is 25.3 Å². The number of aldehydes is 1. The number of benzene rings is 1. The first-order chi connectivity index (χ1) is 11.1. The maximum atomic E-state index is 11.2. The SMILES string of the molecule is CN(Cc1ccccc1N=O)c1nc(C2CC2)nc(C=O)c1Cl. The molecule has 0 bridgehead atoms. The van der Waals surface area contributed by atoms with E-state index in [1.807, 2.05) is 12.1 Å². The number of carbonyl (C=O) groups excluding carboxylic acids is 1. The Kier molecular flexibility index (Phi) is 4.34. The van der Waals surface area contributed by atoms with Crippen LogP contribution in [0.3, 0.4) is 0 Å². The number of anilines is 1. The van der Waals surface area contributed by atoms with Gasteiger partial charge in [-0.1, -0.05) is 29.8 Å². The van der Waals surface area contributed by atoms with Gasteiger partial charge in [-0.2, -0.15) is 0 Å². The Morgan fingerprint density at radius 3 is 2.74 bits per heavy atom. The van der Waals surface area contributed by atoms with Crippen molar-refractivity contribution in [3.8, 4) is 0 Å². The van der Waals surface area contributed by atoms with Gasteiger partial charge >= 0.3 is 0 Å². The molecule has 2 aromatic rings. The molecular formula is C16H15ClN4O2. The second kappa shape index (κ2) is 6.42. The van der Waals surface area contributed by atoms with E-state index >= 15 is 0 Å². The third-order valence-electron chi connectivity index (χ3n) is 3.79. The molecule has 1 heterocycles. The molecule has 3 rings (SSSR count). The van der Waals surface area contributed by atoms with Crippen LogP contribution in [0.15, 0.2) is 29.4 Å². The topological polar surface area (TPSA) is 75.5 Å². The fraction of sp³-hybridized carbons (Fsp3) is 0.312. The van der Waals surface area contributed by atoms with Crippen LogP contribution in [-0.2, 0) is 6.54 Å². The Morgan fingerprint density at radius 1 is 1.35 bits per heavy atom. The van der Waals surface area contributed by atoms with Gasteiger partial charge in [0.15, 0.2) is 12.1 Å². The summed E-state index contributed by atoms with van der Waals surface area (Å²) in [5.41, 5.74) is 1.34. The van der Waals surface area contributed by atoms with E-state index < -0.39 is 0 Å². The summed E-state index contributed by atoms with van der Waals surface area (Å²) in [7, 11) is 1.81. The van der Waals surface area contributed by atoms with Crippen LogP contribution >= 0.6 is 11.6 Å². The van der Waals surface area contributed by atoms with Crippen LogP contribution in [0.1, 0.15) is 40.6 Å². The fourth-order valence-electron chi connectivity index (χ4n) is 2.39. The molecule has 0 aliphatic heterocycles. The van der Waals surface area contributed by atoms with E-state index in [-0.39, 0.29) is 10.7 Å². The maximum absolute atomic E-state index is 11.2. The van der Waals surface area contributed by atoms with Crippen LogP contribution in [0.2, 0.25) is 5.02 Å². The Labute approximate surface area is 138 Å². The van der Waals surface area contributed by atoms with Crippen molar-refractivity contribution < 1.29 is 4.79 Å². The van der Waals surface area contributed by atoms with Gasteiger partial charge in [0.25, 0.3) is 0 Å². The van der Waals surface area contributed by atoms with Crippen molar-refractivity contribution in [3.05, 3.63) is 51.3 Å². The fourth-order valence-corrected chi connectivity index (χ4v) is 2.66. The lowest BCUT2D eigenvalue weighted by atomic mass is 10.1. The molecule has 0 N–H and O–H groups in total. The lowest BCUT2D eigenvalue weighted by molar-refractivity contribution is 0.111. The van der Waals surface area contributed by atoms with Crippen LogP contribution in [-0.4, -0.2) is 23.3 Å². The number of nitrogens with zero attached hydrogens (tertiary/aromatic N) is 4. The van der Waals surface area contributed by atoms with Crippen LogP contribution in [0.4, 0.5) is 11.5 Å². The number of halogens is 1. The quantitative estimate of drug-likeness (QED) is 0.594. The smallest absolute Gasteiger partial charge is 0.170 e. The molecule has 1 saturated carbocycles. The molecule has 6 nitrogen and oxygen atoms in total. The van der Waals surface area contributed by atoms with Gasteiger partial charge in [-0.05, 0) is 24.1 Å². The van der Waals surface area contributed by atoms with Crippen molar-refractivity contribution in [2.75, 3.05) is 11.9 Å². The molecular weight excluding hydrogens is 316 g/mol. The summed E-state index contributed by atoms with van der Waals surface area (Å²) in [6, 6.07) is 7.08. The highest BCUT2D eigenvalue weighted by Crippen LogP contribution is 2.40. The number of aromatic nitrogens is 2. The molecule has 1 aliphatic carbocycles. The summed E-state index contributed by atoms with van der Waals surface area (Å²) >= 11 is 6.26. The minimum Gasteiger partial charge on any atom is -0.354 e. The predicted octanol–water partition coefficient (Wildman–Crippen LogP) is 3.85. The summed E-state index contributed by atoms with van der Waals surface area (Å²) in [5.74, 6) is 1.45. The van der Waals surface area contributed by atoms with Crippen molar-refractivity contribution in [3.63, 3.8) is 0 Å². The van der Waals surface area contributed by atoms with Crippen molar-refractivity contribution in [1.82, 2.24) is 9.97 Å². The molecule has 0 radical (unpaired) electrons. The maximum Gasteiger partial charge on any atom is 0.170 e. The first kappa shape index (κ1) is 15.6. The van der Waals surface area contributed by atoms with Crippen LogP contribution < -0.4 is 4.90 Å². The predicted molar refractivity (Wildman–Crippen MR) is 88.4 cm³/mol. The Morgan fingerprint density at radius 2 is 2.09 bits per heavy atom. The Balaban J connectivity index is 1.95. The lowest BCUT2D eigenvalue weighted by Crippen LogP contribution is -2.20. The second-order valence-corrected chi connectivity index (χ2v) is 5.95. The highest BCUT2D eigenvalue weighted by molar-refractivity contribution is 6.35. The van der Waals surface area contributed by atoms with E-state index in [1.54, 1.807) is 24.1 Å². The molecule has 0 spiro atoms. The zero-order valence-electron chi connectivity index (χ0n) is 12.6. The molecule has 0 atom stereocenters. The first-order valence-electron chi connectivity index (χ1n) is 7.29. The highest BCUT2D eigenvalue weighted by Gasteiger charge is 2.29. The number of hydrogen-bond donors (Lipinski definition) is 0. The molecule has 1 aliphatic rings. The van der Waals surface area contributed by atoms with E-state index in [0.717, 1.165) is 18.4 Å². The molecule has 118 valence electrons. The van der Waals surface area contributed by atoms with Gasteiger partial charge in [0.2, 0.25) is 0 Å². The second-order valence-electron chi connectivity index (χ2n) is 5.57. The number of nitroso groups, excluding NO2 is 1. The minimum atomic E-state index is 0.201. The van der Waals surface area contributed by atoms with Crippen LogP contribution in [0.5, 0.6) is 0 Å². The summed E-state index contributed by atoms with van der Waals surface area (Å²) < 4.78 is 0. The first-order valence-corrected chi connectivity index (χ1v) is 7.67. The zero-order chi connectivity index (χ0) is 16.4. The average Bonchev–Trinajstić information content (AvgIpc) is 3.40. The lowest BCUT2D eigenvalue weighted by Gasteiger charge is -2.21. The third-order valence-corrected chi connectivity index (χ3v) is 4.15. The monoisotopic (exact) mass is 330 g/mol. The molecule has 0 amide bonds. The molecule has 23 heavy (non-hydrogen) atoms. The van der Waals surface area contributed by atoms with Gasteiger partial charge in [0, 0.05) is 25.1 Å². The molecule has 1 fully saturated rings. The summed E-state index contributed by atoms with van der Waals surface area (Å²) in [6.07, 6.45) is 2.70. The largest absolute Gasteiger partial charge is 0.354 e. The number of carbonyl (C=O) groups is 1. The molecule has 7 heteroatoms. The van der Waals surface area contributed by atoms with Gasteiger partial charge in [-0.15, -0.1) is 4.91 Å². The van der Waals surface area contributed by atoms with Gasteiger partial charge in [0.1, 0.15) is 22.2 Å². The van der Waals surface area contributed by atoms with Gasteiger partial charge in [-0.3, -0.25) is 4.79 Å². The van der Waals surface area contributed by atoms with Crippen molar-refractivity contribution in [2.24, 2.45) is 5.18 Å². The van der Waals surface area contributed by atoms with Crippen molar-refractivity contribution in [1.29, 1.82) is 0 Å². The number of rotatable bonds is 6. The Hall–Kier alpha value is -2.34. The molecule has 1 aromatic heterocycles. The summed E-state index contributed by atoms with van der Waals surface area (Å²) in [4.78, 5) is 32.6. The molecule has 0 saturated heterocycles. The minimum absolute atomic E-state index is 0.201.